The molecule has 3 N–H and O–H groups in total. The molecule has 0 spiro atoms. The van der Waals surface area contributed by atoms with E-state index in [0.717, 1.165) is 22.3 Å². The minimum absolute atomic E-state index is 0.0887. The molecule has 4 heteroatoms. The van der Waals surface area contributed by atoms with Crippen molar-refractivity contribution < 1.29 is 9.15 Å². The summed E-state index contributed by atoms with van der Waals surface area (Å²) < 4.78 is 11.9. The summed E-state index contributed by atoms with van der Waals surface area (Å²) in [5.74, 6) is 7.22. The Morgan fingerprint density at radius 1 is 1.45 bits per heavy atom. The van der Waals surface area contributed by atoms with Gasteiger partial charge < -0.3 is 9.15 Å². The second-order valence-electron chi connectivity index (χ2n) is 5.54. The largest absolute Gasteiger partial charge is 0.459 e. The van der Waals surface area contributed by atoms with E-state index < -0.39 is 0 Å². The lowest BCUT2D eigenvalue weighted by Gasteiger charge is -2.24. The highest BCUT2D eigenvalue weighted by Gasteiger charge is 2.39. The van der Waals surface area contributed by atoms with Crippen LogP contribution in [0.25, 0.3) is 11.0 Å². The first-order chi connectivity index (χ1) is 9.74. The zero-order valence-electron chi connectivity index (χ0n) is 12.1. The van der Waals surface area contributed by atoms with Gasteiger partial charge in [0.05, 0.1) is 6.10 Å². The van der Waals surface area contributed by atoms with Crippen molar-refractivity contribution in [3.8, 4) is 0 Å². The maximum atomic E-state index is 6.03. The number of nitrogens with one attached hydrogen (secondary N) is 1. The number of furan rings is 1. The molecular formula is C16H22N2O2. The van der Waals surface area contributed by atoms with Crippen LogP contribution < -0.4 is 11.3 Å². The number of aryl methyl sites for hydroxylation is 1. The smallest absolute Gasteiger partial charge is 0.137 e. The molecule has 2 atom stereocenters. The highest BCUT2D eigenvalue weighted by atomic mass is 16.5. The van der Waals surface area contributed by atoms with Gasteiger partial charge in [0.2, 0.25) is 0 Å². The standard InChI is InChI=1S/C16H22N2O2/c1-3-19-16(11-7-8-11)14(18-17)13-9-12-6-4-5-10(2)15(12)20-13/h4-6,9,11,14,16,18H,3,7-8,17H2,1-2H3. The average Bonchev–Trinajstić information content (AvgIpc) is 3.19. The van der Waals surface area contributed by atoms with E-state index in [4.69, 9.17) is 15.0 Å². The van der Waals surface area contributed by atoms with Gasteiger partial charge in [0, 0.05) is 12.0 Å². The third kappa shape index (κ3) is 2.46. The number of hydrogen-bond donors (Lipinski definition) is 2. The van der Waals surface area contributed by atoms with Gasteiger partial charge in [-0.2, -0.15) is 0 Å². The molecule has 1 heterocycles. The summed E-state index contributed by atoms with van der Waals surface area (Å²) in [5.41, 5.74) is 4.97. The van der Waals surface area contributed by atoms with E-state index in [1.165, 1.54) is 12.8 Å². The molecule has 2 unspecified atom stereocenters. The Kier molecular flexibility index (Phi) is 3.78. The first kappa shape index (κ1) is 13.6. The molecule has 0 amide bonds. The molecule has 0 radical (unpaired) electrons. The molecule has 4 nitrogen and oxygen atoms in total. The zero-order chi connectivity index (χ0) is 14.1. The molecule has 2 aromatic rings. The van der Waals surface area contributed by atoms with Crippen molar-refractivity contribution >= 4 is 11.0 Å². The van der Waals surface area contributed by atoms with Crippen molar-refractivity contribution in [2.75, 3.05) is 6.61 Å². The van der Waals surface area contributed by atoms with Crippen LogP contribution in [0.15, 0.2) is 28.7 Å². The van der Waals surface area contributed by atoms with Gasteiger partial charge in [-0.3, -0.25) is 5.84 Å². The molecule has 1 aromatic carbocycles. The predicted octanol–water partition coefficient (Wildman–Crippen LogP) is 3.06. The van der Waals surface area contributed by atoms with Gasteiger partial charge in [-0.05, 0) is 44.2 Å². The average molecular weight is 274 g/mol. The van der Waals surface area contributed by atoms with Crippen LogP contribution in [0.4, 0.5) is 0 Å². The Morgan fingerprint density at radius 3 is 2.85 bits per heavy atom. The van der Waals surface area contributed by atoms with Crippen LogP contribution in [-0.2, 0) is 4.74 Å². The van der Waals surface area contributed by atoms with Gasteiger partial charge in [-0.1, -0.05) is 18.2 Å². The van der Waals surface area contributed by atoms with Crippen LogP contribution in [0.1, 0.15) is 37.1 Å². The van der Waals surface area contributed by atoms with Crippen molar-refractivity contribution in [3.63, 3.8) is 0 Å². The molecule has 20 heavy (non-hydrogen) atoms. The summed E-state index contributed by atoms with van der Waals surface area (Å²) in [6, 6.07) is 8.15. The molecule has 0 saturated heterocycles. The van der Waals surface area contributed by atoms with E-state index in [1.54, 1.807) is 0 Å². The van der Waals surface area contributed by atoms with Crippen molar-refractivity contribution in [2.45, 2.75) is 38.8 Å². The number of para-hydroxylation sites is 1. The van der Waals surface area contributed by atoms with Crippen LogP contribution in [0.5, 0.6) is 0 Å². The normalized spacial score (nSPS) is 18.4. The summed E-state index contributed by atoms with van der Waals surface area (Å²) in [6.07, 6.45) is 2.51. The lowest BCUT2D eigenvalue weighted by molar-refractivity contribution is 0.0135. The summed E-state index contributed by atoms with van der Waals surface area (Å²) in [4.78, 5) is 0. The van der Waals surface area contributed by atoms with E-state index in [0.29, 0.717) is 12.5 Å². The van der Waals surface area contributed by atoms with Crippen LogP contribution in [0.2, 0.25) is 0 Å². The Morgan fingerprint density at radius 2 is 2.25 bits per heavy atom. The topological polar surface area (TPSA) is 60.4 Å². The molecule has 1 aliphatic rings. The maximum Gasteiger partial charge on any atom is 0.137 e. The minimum atomic E-state index is -0.0887. The lowest BCUT2D eigenvalue weighted by atomic mass is 10.0. The van der Waals surface area contributed by atoms with Crippen LogP contribution in [-0.4, -0.2) is 12.7 Å². The fraction of sp³-hybridized carbons (Fsp3) is 0.500. The number of fused-ring (bicyclic) bond motifs is 1. The van der Waals surface area contributed by atoms with Crippen LogP contribution >= 0.6 is 0 Å². The summed E-state index contributed by atoms with van der Waals surface area (Å²) >= 11 is 0. The van der Waals surface area contributed by atoms with E-state index in [2.05, 4.69) is 30.5 Å². The monoisotopic (exact) mass is 274 g/mol. The summed E-state index contributed by atoms with van der Waals surface area (Å²) in [5, 5.41) is 1.12. The first-order valence-corrected chi connectivity index (χ1v) is 7.31. The van der Waals surface area contributed by atoms with E-state index in [9.17, 15) is 0 Å². The summed E-state index contributed by atoms with van der Waals surface area (Å²) in [7, 11) is 0. The van der Waals surface area contributed by atoms with Crippen molar-refractivity contribution in [1.82, 2.24) is 5.43 Å². The maximum absolute atomic E-state index is 6.03. The summed E-state index contributed by atoms with van der Waals surface area (Å²) in [6.45, 7) is 4.77. The molecule has 108 valence electrons. The van der Waals surface area contributed by atoms with E-state index in [-0.39, 0.29) is 12.1 Å². The SMILES string of the molecule is CCOC(C1CC1)C(NN)c1cc2cccc(C)c2o1. The van der Waals surface area contributed by atoms with Crippen molar-refractivity contribution in [1.29, 1.82) is 0 Å². The quantitative estimate of drug-likeness (QED) is 0.628. The lowest BCUT2D eigenvalue weighted by Crippen LogP contribution is -2.39. The number of rotatable bonds is 6. The van der Waals surface area contributed by atoms with Gasteiger partial charge in [0.25, 0.3) is 0 Å². The van der Waals surface area contributed by atoms with Gasteiger partial charge in [-0.25, -0.2) is 5.43 Å². The minimum Gasteiger partial charge on any atom is -0.459 e. The Bertz CT molecular complexity index is 589. The number of hydrogen-bond acceptors (Lipinski definition) is 4. The number of ether oxygens (including phenoxy) is 1. The molecule has 1 aliphatic carbocycles. The fourth-order valence-corrected chi connectivity index (χ4v) is 2.84. The van der Waals surface area contributed by atoms with E-state index in [1.807, 2.05) is 13.0 Å². The first-order valence-electron chi connectivity index (χ1n) is 7.31. The third-order valence-corrected chi connectivity index (χ3v) is 4.02. The molecule has 1 fully saturated rings. The van der Waals surface area contributed by atoms with Gasteiger partial charge in [-0.15, -0.1) is 0 Å². The second-order valence-corrected chi connectivity index (χ2v) is 5.54. The molecule has 3 rings (SSSR count). The molecule has 0 bridgehead atoms. The van der Waals surface area contributed by atoms with Crippen LogP contribution in [0, 0.1) is 12.8 Å². The Hall–Kier alpha value is -1.36. The third-order valence-electron chi connectivity index (χ3n) is 4.02. The molecule has 1 saturated carbocycles. The zero-order valence-corrected chi connectivity index (χ0v) is 12.1. The van der Waals surface area contributed by atoms with Crippen molar-refractivity contribution in [3.05, 3.63) is 35.6 Å². The van der Waals surface area contributed by atoms with Gasteiger partial charge >= 0.3 is 0 Å². The molecule has 1 aromatic heterocycles. The Labute approximate surface area is 119 Å². The highest BCUT2D eigenvalue weighted by Crippen LogP contribution is 2.41. The van der Waals surface area contributed by atoms with Crippen molar-refractivity contribution in [2.24, 2.45) is 11.8 Å². The molecule has 0 aliphatic heterocycles. The molecular weight excluding hydrogens is 252 g/mol. The number of hydrazine groups is 1. The number of benzene rings is 1. The van der Waals surface area contributed by atoms with Gasteiger partial charge in [0.15, 0.2) is 0 Å². The predicted molar refractivity (Wildman–Crippen MR) is 79.2 cm³/mol. The Balaban J connectivity index is 1.95. The van der Waals surface area contributed by atoms with E-state index >= 15 is 0 Å². The van der Waals surface area contributed by atoms with Gasteiger partial charge in [0.1, 0.15) is 17.4 Å². The van der Waals surface area contributed by atoms with Crippen LogP contribution in [0.3, 0.4) is 0 Å². The second kappa shape index (κ2) is 5.56. The fourth-order valence-electron chi connectivity index (χ4n) is 2.84. The number of nitrogens with two attached hydrogens (primary N) is 1. The highest BCUT2D eigenvalue weighted by molar-refractivity contribution is 5.81.